The normalized spacial score (nSPS) is 17.9. The standard InChI is InChI=1S/C17H16FNO2S/c1-11-3-8-14(21-2)9-15(11)19-16(20)10-22-17(19)12-4-6-13(18)7-5-12/h3-9,17H,10H2,1-2H3. The number of thioether (sulfide) groups is 1. The molecule has 1 aliphatic rings. The molecular weight excluding hydrogens is 301 g/mol. The molecule has 0 aromatic heterocycles. The number of hydrogen-bond donors (Lipinski definition) is 0. The molecule has 1 aliphatic heterocycles. The number of nitrogens with zero attached hydrogens (tertiary/aromatic N) is 1. The van der Waals surface area contributed by atoms with Crippen LogP contribution in [0.1, 0.15) is 16.5 Å². The van der Waals surface area contributed by atoms with Crippen LogP contribution in [-0.2, 0) is 4.79 Å². The second-order valence-electron chi connectivity index (χ2n) is 5.13. The summed E-state index contributed by atoms with van der Waals surface area (Å²) in [4.78, 5) is 14.1. The van der Waals surface area contributed by atoms with Crippen LogP contribution in [0, 0.1) is 12.7 Å². The predicted molar refractivity (Wildman–Crippen MR) is 86.8 cm³/mol. The summed E-state index contributed by atoms with van der Waals surface area (Å²) >= 11 is 1.55. The lowest BCUT2D eigenvalue weighted by molar-refractivity contribution is -0.115. The zero-order valence-corrected chi connectivity index (χ0v) is 13.2. The fourth-order valence-corrected chi connectivity index (χ4v) is 3.70. The molecule has 1 saturated heterocycles. The molecule has 2 aromatic rings. The third-order valence-corrected chi connectivity index (χ3v) is 4.91. The van der Waals surface area contributed by atoms with Gasteiger partial charge in [-0.05, 0) is 36.2 Å². The average Bonchev–Trinajstić information content (AvgIpc) is 2.90. The Hall–Kier alpha value is -2.01. The van der Waals surface area contributed by atoms with Gasteiger partial charge in [-0.2, -0.15) is 0 Å². The Balaban J connectivity index is 2.03. The number of halogens is 1. The molecule has 1 fully saturated rings. The van der Waals surface area contributed by atoms with Crippen molar-refractivity contribution in [2.75, 3.05) is 17.8 Å². The number of benzene rings is 2. The van der Waals surface area contributed by atoms with E-state index in [-0.39, 0.29) is 17.1 Å². The number of rotatable bonds is 3. The molecular formula is C17H16FNO2S. The van der Waals surface area contributed by atoms with Crippen molar-refractivity contribution in [3.8, 4) is 5.75 Å². The first-order valence-electron chi connectivity index (χ1n) is 6.94. The largest absolute Gasteiger partial charge is 0.497 e. The summed E-state index contributed by atoms with van der Waals surface area (Å²) in [6, 6.07) is 12.0. The SMILES string of the molecule is COc1ccc(C)c(N2C(=O)CSC2c2ccc(F)cc2)c1. The van der Waals surface area contributed by atoms with E-state index in [1.165, 1.54) is 12.1 Å². The molecule has 5 heteroatoms. The van der Waals surface area contributed by atoms with Crippen molar-refractivity contribution >= 4 is 23.4 Å². The van der Waals surface area contributed by atoms with Crippen molar-refractivity contribution in [1.29, 1.82) is 0 Å². The molecule has 1 unspecified atom stereocenters. The zero-order chi connectivity index (χ0) is 15.7. The van der Waals surface area contributed by atoms with Crippen LogP contribution in [-0.4, -0.2) is 18.8 Å². The van der Waals surface area contributed by atoms with Crippen LogP contribution >= 0.6 is 11.8 Å². The molecule has 0 saturated carbocycles. The van der Waals surface area contributed by atoms with Crippen molar-refractivity contribution in [2.45, 2.75) is 12.3 Å². The monoisotopic (exact) mass is 317 g/mol. The van der Waals surface area contributed by atoms with Crippen LogP contribution in [0.4, 0.5) is 10.1 Å². The van der Waals surface area contributed by atoms with E-state index < -0.39 is 0 Å². The molecule has 114 valence electrons. The van der Waals surface area contributed by atoms with Gasteiger partial charge in [0, 0.05) is 6.07 Å². The second kappa shape index (κ2) is 6.01. The quantitative estimate of drug-likeness (QED) is 0.859. The molecule has 1 atom stereocenters. The minimum atomic E-state index is -0.276. The van der Waals surface area contributed by atoms with Crippen LogP contribution in [0.2, 0.25) is 0 Å². The Morgan fingerprint density at radius 3 is 2.64 bits per heavy atom. The highest BCUT2D eigenvalue weighted by Crippen LogP contribution is 2.43. The van der Waals surface area contributed by atoms with Gasteiger partial charge in [-0.3, -0.25) is 9.69 Å². The van der Waals surface area contributed by atoms with Gasteiger partial charge in [0.2, 0.25) is 5.91 Å². The number of methoxy groups -OCH3 is 1. The second-order valence-corrected chi connectivity index (χ2v) is 6.20. The third-order valence-electron chi connectivity index (χ3n) is 3.70. The number of ether oxygens (including phenoxy) is 1. The highest BCUT2D eigenvalue weighted by Gasteiger charge is 2.34. The summed E-state index contributed by atoms with van der Waals surface area (Å²) in [6.45, 7) is 1.97. The minimum Gasteiger partial charge on any atom is -0.497 e. The Labute approximate surface area is 133 Å². The van der Waals surface area contributed by atoms with Crippen LogP contribution in [0.3, 0.4) is 0 Å². The number of anilines is 1. The Bertz CT molecular complexity index is 702. The Morgan fingerprint density at radius 1 is 1.23 bits per heavy atom. The van der Waals surface area contributed by atoms with Crippen LogP contribution < -0.4 is 9.64 Å². The van der Waals surface area contributed by atoms with Crippen molar-refractivity contribution in [2.24, 2.45) is 0 Å². The highest BCUT2D eigenvalue weighted by molar-refractivity contribution is 8.00. The fourth-order valence-electron chi connectivity index (χ4n) is 2.53. The maximum Gasteiger partial charge on any atom is 0.238 e. The number of hydrogen-bond acceptors (Lipinski definition) is 3. The summed E-state index contributed by atoms with van der Waals surface area (Å²) in [5, 5.41) is -0.140. The van der Waals surface area contributed by atoms with Gasteiger partial charge in [0.15, 0.2) is 0 Å². The Kier molecular flexibility index (Phi) is 4.07. The lowest BCUT2D eigenvalue weighted by Gasteiger charge is -2.26. The minimum absolute atomic E-state index is 0.0516. The molecule has 3 nitrogen and oxygen atoms in total. The molecule has 0 bridgehead atoms. The van der Waals surface area contributed by atoms with Crippen molar-refractivity contribution in [1.82, 2.24) is 0 Å². The molecule has 0 radical (unpaired) electrons. The van der Waals surface area contributed by atoms with Gasteiger partial charge < -0.3 is 4.74 Å². The van der Waals surface area contributed by atoms with Gasteiger partial charge in [-0.15, -0.1) is 11.8 Å². The van der Waals surface area contributed by atoms with Crippen molar-refractivity contribution < 1.29 is 13.9 Å². The van der Waals surface area contributed by atoms with Gasteiger partial charge in [0.1, 0.15) is 16.9 Å². The summed E-state index contributed by atoms with van der Waals surface area (Å²) in [7, 11) is 1.60. The maximum atomic E-state index is 13.1. The lowest BCUT2D eigenvalue weighted by Crippen LogP contribution is -2.28. The van der Waals surface area contributed by atoms with Crippen molar-refractivity contribution in [3.05, 3.63) is 59.4 Å². The molecule has 0 aliphatic carbocycles. The third kappa shape index (κ3) is 2.68. The van der Waals surface area contributed by atoms with Gasteiger partial charge in [0.05, 0.1) is 18.6 Å². The van der Waals surface area contributed by atoms with E-state index in [2.05, 4.69) is 0 Å². The molecule has 3 rings (SSSR count). The predicted octanol–water partition coefficient (Wildman–Crippen LogP) is 3.92. The van der Waals surface area contributed by atoms with E-state index in [9.17, 15) is 9.18 Å². The molecule has 1 amide bonds. The fraction of sp³-hybridized carbons (Fsp3) is 0.235. The van der Waals surface area contributed by atoms with E-state index in [0.29, 0.717) is 11.5 Å². The average molecular weight is 317 g/mol. The molecule has 0 spiro atoms. The Morgan fingerprint density at radius 2 is 1.95 bits per heavy atom. The summed E-state index contributed by atoms with van der Waals surface area (Å²) in [5.74, 6) is 0.902. The lowest BCUT2D eigenvalue weighted by atomic mass is 10.1. The molecule has 22 heavy (non-hydrogen) atoms. The smallest absolute Gasteiger partial charge is 0.238 e. The number of amides is 1. The highest BCUT2D eigenvalue weighted by atomic mass is 32.2. The summed E-state index contributed by atoms with van der Waals surface area (Å²) < 4.78 is 18.4. The van der Waals surface area contributed by atoms with Crippen LogP contribution in [0.5, 0.6) is 5.75 Å². The van der Waals surface area contributed by atoms with E-state index >= 15 is 0 Å². The molecule has 1 heterocycles. The summed E-state index contributed by atoms with van der Waals surface area (Å²) in [6.07, 6.45) is 0. The number of carbonyl (C=O) groups excluding carboxylic acids is 1. The van der Waals surface area contributed by atoms with Crippen LogP contribution in [0.15, 0.2) is 42.5 Å². The van der Waals surface area contributed by atoms with Gasteiger partial charge >= 0.3 is 0 Å². The van der Waals surface area contributed by atoms with Gasteiger partial charge in [-0.1, -0.05) is 18.2 Å². The maximum absolute atomic E-state index is 13.1. The van der Waals surface area contributed by atoms with E-state index in [4.69, 9.17) is 4.74 Å². The zero-order valence-electron chi connectivity index (χ0n) is 12.4. The molecule has 0 N–H and O–H groups in total. The number of aryl methyl sites for hydroxylation is 1. The first-order valence-corrected chi connectivity index (χ1v) is 7.99. The van der Waals surface area contributed by atoms with Crippen molar-refractivity contribution in [3.63, 3.8) is 0 Å². The van der Waals surface area contributed by atoms with Gasteiger partial charge in [0.25, 0.3) is 0 Å². The first kappa shape index (κ1) is 14.9. The summed E-state index contributed by atoms with van der Waals surface area (Å²) in [5.41, 5.74) is 2.76. The topological polar surface area (TPSA) is 29.5 Å². The van der Waals surface area contributed by atoms with E-state index in [1.54, 1.807) is 35.9 Å². The van der Waals surface area contributed by atoms with E-state index in [0.717, 1.165) is 16.8 Å². The van der Waals surface area contributed by atoms with Gasteiger partial charge in [-0.25, -0.2) is 4.39 Å². The molecule has 2 aromatic carbocycles. The van der Waals surface area contributed by atoms with E-state index in [1.807, 2.05) is 25.1 Å². The van der Waals surface area contributed by atoms with Crippen LogP contribution in [0.25, 0.3) is 0 Å². The number of carbonyl (C=O) groups is 1. The first-order chi connectivity index (χ1) is 10.6.